The first kappa shape index (κ1) is 10.2. The van der Waals surface area contributed by atoms with Crippen LogP contribution in [0.4, 0.5) is 18.9 Å². The molecule has 0 aromatic carbocycles. The molecule has 0 aliphatic carbocycles. The number of H-pyrrole nitrogens is 1. The maximum absolute atomic E-state index is 12.5. The molecule has 0 bridgehead atoms. The molecular weight excluding hydrogens is 205 g/mol. The number of aromatic amines is 1. The van der Waals surface area contributed by atoms with Crippen LogP contribution in [0.3, 0.4) is 0 Å². The number of pyridine rings is 1. The number of alkyl halides is 2. The van der Waals surface area contributed by atoms with Crippen LogP contribution >= 0.6 is 0 Å². The Morgan fingerprint density at radius 1 is 1.50 bits per heavy atom. The van der Waals surface area contributed by atoms with Gasteiger partial charge < -0.3 is 4.98 Å². The van der Waals surface area contributed by atoms with E-state index in [0.29, 0.717) is 6.20 Å². The van der Waals surface area contributed by atoms with Gasteiger partial charge in [-0.15, -0.1) is 0 Å². The second-order valence-corrected chi connectivity index (χ2v) is 2.29. The van der Waals surface area contributed by atoms with Crippen molar-refractivity contribution >= 4 is 5.69 Å². The number of halogens is 3. The number of nitrogens with zero attached hydrogens (tertiary/aromatic N) is 1. The van der Waals surface area contributed by atoms with Crippen LogP contribution in [0.2, 0.25) is 0 Å². The predicted octanol–water partition coefficient (Wildman–Crippen LogP) is 1.36. The van der Waals surface area contributed by atoms with E-state index in [0.717, 1.165) is 0 Å². The Morgan fingerprint density at radius 3 is 2.50 bits per heavy atom. The van der Waals surface area contributed by atoms with E-state index in [-0.39, 0.29) is 0 Å². The maximum atomic E-state index is 12.5. The van der Waals surface area contributed by atoms with Crippen molar-refractivity contribution in [2.24, 2.45) is 0 Å². The van der Waals surface area contributed by atoms with Crippen LogP contribution in [0.5, 0.6) is 0 Å². The molecule has 0 amide bonds. The summed E-state index contributed by atoms with van der Waals surface area (Å²) in [5.41, 5.74) is -4.30. The summed E-state index contributed by atoms with van der Waals surface area (Å²) in [7, 11) is 0. The molecule has 1 N–H and O–H groups in total. The van der Waals surface area contributed by atoms with Crippen molar-refractivity contribution in [2.45, 2.75) is 6.43 Å². The van der Waals surface area contributed by atoms with Crippen LogP contribution in [-0.2, 0) is 0 Å². The van der Waals surface area contributed by atoms with Gasteiger partial charge in [-0.1, -0.05) is 0 Å². The monoisotopic (exact) mass is 208 g/mol. The van der Waals surface area contributed by atoms with Crippen LogP contribution in [0.25, 0.3) is 0 Å². The zero-order chi connectivity index (χ0) is 10.9. The Kier molecular flexibility index (Phi) is 2.54. The fraction of sp³-hybridized carbons (Fsp3) is 0.167. The normalized spacial score (nSPS) is 10.6. The summed E-state index contributed by atoms with van der Waals surface area (Å²) < 4.78 is 36.7. The van der Waals surface area contributed by atoms with Gasteiger partial charge in [0.25, 0.3) is 11.9 Å². The minimum absolute atomic E-state index is 0.358. The molecule has 0 fully saturated rings. The van der Waals surface area contributed by atoms with Crippen LogP contribution < -0.4 is 5.43 Å². The second kappa shape index (κ2) is 3.48. The molecule has 5 nitrogen and oxygen atoms in total. The Morgan fingerprint density at radius 2 is 2.07 bits per heavy atom. The summed E-state index contributed by atoms with van der Waals surface area (Å²) >= 11 is 0. The van der Waals surface area contributed by atoms with Gasteiger partial charge in [0.05, 0.1) is 4.92 Å². The minimum atomic E-state index is -3.23. The zero-order valence-electron chi connectivity index (χ0n) is 6.46. The highest BCUT2D eigenvalue weighted by molar-refractivity contribution is 5.35. The molecule has 1 aromatic heterocycles. The average molecular weight is 208 g/mol. The molecular formula is C6H3F3N2O3. The summed E-state index contributed by atoms with van der Waals surface area (Å²) in [6, 6.07) is 0. The van der Waals surface area contributed by atoms with E-state index in [2.05, 4.69) is 0 Å². The number of nitrogens with one attached hydrogen (secondary N) is 1. The van der Waals surface area contributed by atoms with Crippen molar-refractivity contribution in [1.82, 2.24) is 4.98 Å². The average Bonchev–Trinajstić information content (AvgIpc) is 2.08. The molecule has 0 spiro atoms. The Hall–Kier alpha value is -1.86. The lowest BCUT2D eigenvalue weighted by Gasteiger charge is -2.00. The molecule has 0 radical (unpaired) electrons. The van der Waals surface area contributed by atoms with Gasteiger partial charge in [0.1, 0.15) is 0 Å². The van der Waals surface area contributed by atoms with Gasteiger partial charge >= 0.3 is 5.69 Å². The van der Waals surface area contributed by atoms with Gasteiger partial charge in [-0.2, -0.15) is 0 Å². The van der Waals surface area contributed by atoms with Crippen LogP contribution in [0.1, 0.15) is 12.1 Å². The predicted molar refractivity (Wildman–Crippen MR) is 38.6 cm³/mol. The smallest absolute Gasteiger partial charge is 0.344 e. The van der Waals surface area contributed by atoms with Crippen molar-refractivity contribution in [1.29, 1.82) is 0 Å². The van der Waals surface area contributed by atoms with Gasteiger partial charge in [-0.3, -0.25) is 14.9 Å². The molecule has 0 aliphatic heterocycles. The molecule has 8 heteroatoms. The Labute approximate surface area is 74.3 Å². The standard InChI is InChI=1S/C6H3F3N2O3/c7-2-1-10-3(6(8)9)4(5(2)12)11(13)14/h1,6H,(H,10,12). The molecule has 0 aliphatic rings. The third-order valence-electron chi connectivity index (χ3n) is 1.44. The van der Waals surface area contributed by atoms with E-state index in [9.17, 15) is 28.1 Å². The first-order valence-electron chi connectivity index (χ1n) is 3.28. The first-order valence-corrected chi connectivity index (χ1v) is 3.28. The van der Waals surface area contributed by atoms with Gasteiger partial charge in [-0.25, -0.2) is 13.2 Å². The van der Waals surface area contributed by atoms with Crippen LogP contribution in [0, 0.1) is 15.9 Å². The summed E-state index contributed by atoms with van der Waals surface area (Å²) in [5, 5.41) is 10.2. The largest absolute Gasteiger partial charge is 0.352 e. The number of nitro groups is 1. The lowest BCUT2D eigenvalue weighted by Crippen LogP contribution is -2.16. The van der Waals surface area contributed by atoms with Gasteiger partial charge in [0.2, 0.25) is 0 Å². The minimum Gasteiger partial charge on any atom is -0.352 e. The quantitative estimate of drug-likeness (QED) is 0.588. The molecule has 1 rings (SSSR count). The number of rotatable bonds is 2. The lowest BCUT2D eigenvalue weighted by atomic mass is 10.3. The first-order chi connectivity index (χ1) is 6.45. The fourth-order valence-electron chi connectivity index (χ4n) is 0.858. The highest BCUT2D eigenvalue weighted by atomic mass is 19.3. The second-order valence-electron chi connectivity index (χ2n) is 2.29. The summed E-state index contributed by atoms with van der Waals surface area (Å²) in [6.07, 6.45) is -2.87. The summed E-state index contributed by atoms with van der Waals surface area (Å²) in [6.45, 7) is 0. The van der Waals surface area contributed by atoms with Crippen molar-refractivity contribution in [3.05, 3.63) is 38.0 Å². The number of hydrogen-bond acceptors (Lipinski definition) is 3. The molecule has 0 saturated heterocycles. The maximum Gasteiger partial charge on any atom is 0.344 e. The van der Waals surface area contributed by atoms with Crippen molar-refractivity contribution in [3.63, 3.8) is 0 Å². The Balaban J connectivity index is 3.54. The molecule has 0 unspecified atom stereocenters. The van der Waals surface area contributed by atoms with E-state index in [4.69, 9.17) is 0 Å². The zero-order valence-corrected chi connectivity index (χ0v) is 6.46. The molecule has 1 aromatic rings. The van der Waals surface area contributed by atoms with E-state index >= 15 is 0 Å². The van der Waals surface area contributed by atoms with E-state index in [1.165, 1.54) is 0 Å². The third-order valence-corrected chi connectivity index (χ3v) is 1.44. The van der Waals surface area contributed by atoms with Crippen molar-refractivity contribution in [2.75, 3.05) is 0 Å². The summed E-state index contributed by atoms with van der Waals surface area (Å²) in [4.78, 5) is 21.3. The summed E-state index contributed by atoms with van der Waals surface area (Å²) in [5.74, 6) is -1.47. The molecule has 14 heavy (non-hydrogen) atoms. The third kappa shape index (κ3) is 1.58. The molecule has 0 saturated carbocycles. The van der Waals surface area contributed by atoms with Crippen LogP contribution in [-0.4, -0.2) is 9.91 Å². The van der Waals surface area contributed by atoms with E-state index < -0.39 is 34.0 Å². The van der Waals surface area contributed by atoms with E-state index in [1.807, 2.05) is 0 Å². The SMILES string of the molecule is O=c1c(F)c[nH]c(C(F)F)c1[N+](=O)[O-]. The molecule has 76 valence electrons. The lowest BCUT2D eigenvalue weighted by molar-refractivity contribution is -0.388. The highest BCUT2D eigenvalue weighted by Gasteiger charge is 2.27. The molecule has 0 atom stereocenters. The van der Waals surface area contributed by atoms with E-state index in [1.54, 1.807) is 4.98 Å². The van der Waals surface area contributed by atoms with Gasteiger partial charge in [-0.05, 0) is 0 Å². The van der Waals surface area contributed by atoms with Crippen molar-refractivity contribution in [3.8, 4) is 0 Å². The fourth-order valence-corrected chi connectivity index (χ4v) is 0.858. The van der Waals surface area contributed by atoms with Gasteiger partial charge in [0.15, 0.2) is 11.5 Å². The topological polar surface area (TPSA) is 76.0 Å². The highest BCUT2D eigenvalue weighted by Crippen LogP contribution is 2.23. The van der Waals surface area contributed by atoms with Gasteiger partial charge in [0, 0.05) is 6.20 Å². The number of aromatic nitrogens is 1. The van der Waals surface area contributed by atoms with Crippen LogP contribution in [0.15, 0.2) is 11.0 Å². The Bertz CT molecular complexity index is 429. The van der Waals surface area contributed by atoms with Crippen molar-refractivity contribution < 1.29 is 18.1 Å². The number of hydrogen-bond donors (Lipinski definition) is 1. The molecule has 1 heterocycles.